The lowest BCUT2D eigenvalue weighted by Gasteiger charge is -2.22. The molecule has 0 aromatic carbocycles. The van der Waals surface area contributed by atoms with Crippen LogP contribution in [0.4, 0.5) is 0 Å². The van der Waals surface area contributed by atoms with E-state index in [1.165, 1.54) is 25.7 Å². The van der Waals surface area contributed by atoms with Crippen molar-refractivity contribution in [3.05, 3.63) is 0 Å². The van der Waals surface area contributed by atoms with E-state index in [1.807, 2.05) is 6.92 Å². The lowest BCUT2D eigenvalue weighted by atomic mass is 10.0. The molecule has 0 radical (unpaired) electrons. The van der Waals surface area contributed by atoms with E-state index in [9.17, 15) is 4.79 Å². The summed E-state index contributed by atoms with van der Waals surface area (Å²) in [5.41, 5.74) is 0.281. The summed E-state index contributed by atoms with van der Waals surface area (Å²) in [7, 11) is 0. The van der Waals surface area contributed by atoms with Gasteiger partial charge in [-0.25, -0.2) is 4.99 Å². The molecule has 2 aliphatic rings. The summed E-state index contributed by atoms with van der Waals surface area (Å²) in [6.07, 6.45) is 6.08. The molecule has 4 nitrogen and oxygen atoms in total. The Morgan fingerprint density at radius 3 is 2.94 bits per heavy atom. The average Bonchev–Trinajstić information content (AvgIpc) is 2.97. The first-order valence-corrected chi connectivity index (χ1v) is 7.90. The molecule has 1 saturated heterocycles. The number of rotatable bonds is 4. The number of hydrogen-bond donors (Lipinski definition) is 2. The Morgan fingerprint density at radius 2 is 2.28 bits per heavy atom. The zero-order valence-electron chi connectivity index (χ0n) is 11.3. The maximum absolute atomic E-state index is 11.7. The molecule has 1 saturated carbocycles. The Bertz CT molecular complexity index is 337. The average molecular weight is 269 g/mol. The number of amides is 1. The number of carbonyl (C=O) groups is 1. The fourth-order valence-electron chi connectivity index (χ4n) is 2.53. The lowest BCUT2D eigenvalue weighted by molar-refractivity contribution is -0.121. The zero-order chi connectivity index (χ0) is 13.0. The second-order valence-corrected chi connectivity index (χ2v) is 6.27. The molecule has 0 aromatic rings. The van der Waals surface area contributed by atoms with E-state index < -0.39 is 0 Å². The van der Waals surface area contributed by atoms with E-state index in [1.54, 1.807) is 11.8 Å². The molecule has 0 aromatic heterocycles. The van der Waals surface area contributed by atoms with Gasteiger partial charge in [-0.3, -0.25) is 4.79 Å². The van der Waals surface area contributed by atoms with E-state index >= 15 is 0 Å². The minimum absolute atomic E-state index is 0.0270. The molecule has 2 fully saturated rings. The molecule has 18 heavy (non-hydrogen) atoms. The minimum atomic E-state index is -0.289. The van der Waals surface area contributed by atoms with E-state index in [-0.39, 0.29) is 17.5 Å². The number of hydrogen-bond acceptors (Lipinski definition) is 3. The van der Waals surface area contributed by atoms with E-state index in [0.717, 1.165) is 23.9 Å². The Hall–Kier alpha value is -0.710. The normalized spacial score (nSPS) is 25.3. The van der Waals surface area contributed by atoms with E-state index in [0.29, 0.717) is 0 Å². The van der Waals surface area contributed by atoms with Crippen molar-refractivity contribution in [2.45, 2.75) is 57.5 Å². The van der Waals surface area contributed by atoms with Gasteiger partial charge < -0.3 is 10.6 Å². The minimum Gasteiger partial charge on any atom is -0.359 e. The van der Waals surface area contributed by atoms with Crippen molar-refractivity contribution >= 4 is 22.8 Å². The largest absolute Gasteiger partial charge is 0.359 e. The van der Waals surface area contributed by atoms with E-state index in [4.69, 9.17) is 0 Å². The Morgan fingerprint density at radius 1 is 1.56 bits per heavy atom. The molecular formula is C13H23N3OS. The van der Waals surface area contributed by atoms with Crippen LogP contribution in [-0.4, -0.2) is 35.0 Å². The van der Waals surface area contributed by atoms with Crippen molar-refractivity contribution in [3.63, 3.8) is 0 Å². The highest BCUT2D eigenvalue weighted by Gasteiger charge is 2.39. The fourth-order valence-corrected chi connectivity index (χ4v) is 3.82. The van der Waals surface area contributed by atoms with Crippen LogP contribution in [0.5, 0.6) is 0 Å². The van der Waals surface area contributed by atoms with Gasteiger partial charge in [0, 0.05) is 17.8 Å². The highest BCUT2D eigenvalue weighted by Crippen LogP contribution is 2.37. The Balaban J connectivity index is 1.87. The monoisotopic (exact) mass is 269 g/mol. The van der Waals surface area contributed by atoms with Gasteiger partial charge in [-0.15, -0.1) is 0 Å². The van der Waals surface area contributed by atoms with Crippen LogP contribution in [0.2, 0.25) is 0 Å². The maximum atomic E-state index is 11.7. The Labute approximate surface area is 113 Å². The highest BCUT2D eigenvalue weighted by atomic mass is 32.2. The van der Waals surface area contributed by atoms with Crippen LogP contribution in [0.1, 0.15) is 46.0 Å². The third-order valence-electron chi connectivity index (χ3n) is 3.66. The van der Waals surface area contributed by atoms with Crippen molar-refractivity contribution in [2.75, 3.05) is 12.3 Å². The quantitative estimate of drug-likeness (QED) is 0.819. The van der Waals surface area contributed by atoms with Crippen molar-refractivity contribution in [1.82, 2.24) is 10.6 Å². The summed E-state index contributed by atoms with van der Waals surface area (Å²) in [5.74, 6) is 1.13. The van der Waals surface area contributed by atoms with Gasteiger partial charge in [0.25, 0.3) is 0 Å². The third-order valence-corrected chi connectivity index (χ3v) is 4.84. The van der Waals surface area contributed by atoms with Crippen LogP contribution in [0.25, 0.3) is 0 Å². The number of nitrogens with zero attached hydrogens (tertiary/aromatic N) is 1. The van der Waals surface area contributed by atoms with E-state index in [2.05, 4.69) is 22.5 Å². The van der Waals surface area contributed by atoms with Crippen LogP contribution in [0, 0.1) is 0 Å². The molecule has 2 rings (SSSR count). The standard InChI is InChI=1S/C13H23N3OS/c1-3-8-14-11(17)10(2)15-12-16-13(9-18-12)6-4-5-7-13/h10H,3-9H2,1-2H3,(H,14,17)(H,15,16). The summed E-state index contributed by atoms with van der Waals surface area (Å²) in [5, 5.41) is 7.38. The molecule has 102 valence electrons. The molecule has 1 aliphatic carbocycles. The van der Waals surface area contributed by atoms with Crippen molar-refractivity contribution < 1.29 is 4.79 Å². The molecule has 1 amide bonds. The smallest absolute Gasteiger partial charge is 0.244 e. The van der Waals surface area contributed by atoms with Gasteiger partial charge in [-0.1, -0.05) is 31.5 Å². The lowest BCUT2D eigenvalue weighted by Crippen LogP contribution is -2.41. The summed E-state index contributed by atoms with van der Waals surface area (Å²) >= 11 is 1.77. The van der Waals surface area contributed by atoms with Crippen LogP contribution < -0.4 is 10.6 Å². The Kier molecular flexibility index (Phi) is 4.54. The summed E-state index contributed by atoms with van der Waals surface area (Å²) in [6.45, 7) is 4.65. The number of carbonyl (C=O) groups excluding carboxylic acids is 1. The van der Waals surface area contributed by atoms with Crippen molar-refractivity contribution in [2.24, 2.45) is 4.99 Å². The third kappa shape index (κ3) is 3.19. The molecular weight excluding hydrogens is 246 g/mol. The van der Waals surface area contributed by atoms with Crippen LogP contribution >= 0.6 is 11.8 Å². The predicted molar refractivity (Wildman–Crippen MR) is 77.0 cm³/mol. The number of nitrogens with one attached hydrogen (secondary N) is 2. The van der Waals surface area contributed by atoms with Crippen LogP contribution in [0.3, 0.4) is 0 Å². The molecule has 0 bridgehead atoms. The van der Waals surface area contributed by atoms with Crippen molar-refractivity contribution in [1.29, 1.82) is 0 Å². The zero-order valence-corrected chi connectivity index (χ0v) is 12.1. The van der Waals surface area contributed by atoms with Crippen LogP contribution in [-0.2, 0) is 4.79 Å². The SMILES string of the molecule is CCCNC(=O)C(C)N=C1NC2(CCCC2)CS1. The summed E-state index contributed by atoms with van der Waals surface area (Å²) in [6, 6.07) is -0.289. The van der Waals surface area contributed by atoms with Crippen molar-refractivity contribution in [3.8, 4) is 0 Å². The molecule has 1 atom stereocenters. The first-order chi connectivity index (χ1) is 8.65. The van der Waals surface area contributed by atoms with Gasteiger partial charge in [0.15, 0.2) is 5.17 Å². The first-order valence-electron chi connectivity index (χ1n) is 6.92. The molecule has 1 spiro atoms. The maximum Gasteiger partial charge on any atom is 0.244 e. The molecule has 2 N–H and O–H groups in total. The first kappa shape index (κ1) is 13.7. The summed E-state index contributed by atoms with van der Waals surface area (Å²) < 4.78 is 0. The topological polar surface area (TPSA) is 53.5 Å². The van der Waals surface area contributed by atoms with Gasteiger partial charge in [0.05, 0.1) is 0 Å². The second kappa shape index (κ2) is 5.95. The van der Waals surface area contributed by atoms with Gasteiger partial charge in [-0.2, -0.15) is 0 Å². The highest BCUT2D eigenvalue weighted by molar-refractivity contribution is 8.14. The van der Waals surface area contributed by atoms with Gasteiger partial charge in [-0.05, 0) is 26.2 Å². The fraction of sp³-hybridized carbons (Fsp3) is 0.846. The second-order valence-electron chi connectivity index (χ2n) is 5.30. The van der Waals surface area contributed by atoms with Gasteiger partial charge >= 0.3 is 0 Å². The van der Waals surface area contributed by atoms with Crippen LogP contribution in [0.15, 0.2) is 4.99 Å². The molecule has 1 unspecified atom stereocenters. The molecule has 1 heterocycles. The number of amidine groups is 1. The van der Waals surface area contributed by atoms with Gasteiger partial charge in [0.1, 0.15) is 6.04 Å². The number of aliphatic imine (C=N–C) groups is 1. The molecule has 1 aliphatic heterocycles. The number of thioether (sulfide) groups is 1. The molecule has 5 heteroatoms. The van der Waals surface area contributed by atoms with Gasteiger partial charge in [0.2, 0.25) is 5.91 Å². The predicted octanol–water partition coefficient (Wildman–Crippen LogP) is 1.91. The summed E-state index contributed by atoms with van der Waals surface area (Å²) in [4.78, 5) is 16.3.